The number of nitrogens with zero attached hydrogens (tertiary/aromatic N) is 1. The number of piperidine rings is 1. The lowest BCUT2D eigenvalue weighted by molar-refractivity contribution is -0.120. The van der Waals surface area contributed by atoms with Gasteiger partial charge in [0.1, 0.15) is 0 Å². The Kier molecular flexibility index (Phi) is 2.74. The largest absolute Gasteiger partial charge is 0.354 e. The van der Waals surface area contributed by atoms with Gasteiger partial charge < -0.3 is 15.5 Å². The molecule has 0 bridgehead atoms. The third kappa shape index (κ3) is 2.07. The molecule has 0 aromatic carbocycles. The van der Waals surface area contributed by atoms with Gasteiger partial charge in [-0.2, -0.15) is 0 Å². The highest BCUT2D eigenvalue weighted by Gasteiger charge is 2.35. The normalized spacial score (nSPS) is 35.4. The van der Waals surface area contributed by atoms with Crippen LogP contribution in [-0.4, -0.2) is 49.6 Å². The molecule has 1 atom stereocenters. The van der Waals surface area contributed by atoms with Crippen molar-refractivity contribution in [3.8, 4) is 0 Å². The Morgan fingerprint density at radius 1 is 1.50 bits per heavy atom. The van der Waals surface area contributed by atoms with Crippen molar-refractivity contribution in [1.82, 2.24) is 15.5 Å². The summed E-state index contributed by atoms with van der Waals surface area (Å²) in [5.74, 6) is 0.183. The van der Waals surface area contributed by atoms with Crippen molar-refractivity contribution in [3.05, 3.63) is 0 Å². The SMILES string of the molecule is CN1CCCC2(CNC(=O)CCN2)C1. The van der Waals surface area contributed by atoms with E-state index in [2.05, 4.69) is 22.6 Å². The summed E-state index contributed by atoms with van der Waals surface area (Å²) in [6.07, 6.45) is 3.02. The summed E-state index contributed by atoms with van der Waals surface area (Å²) in [5.41, 5.74) is 0.138. The number of rotatable bonds is 0. The molecule has 0 aromatic heterocycles. The summed E-state index contributed by atoms with van der Waals surface area (Å²) < 4.78 is 0. The van der Waals surface area contributed by atoms with Gasteiger partial charge in [-0.15, -0.1) is 0 Å². The van der Waals surface area contributed by atoms with E-state index in [9.17, 15) is 4.79 Å². The van der Waals surface area contributed by atoms with E-state index in [1.807, 2.05) is 0 Å². The van der Waals surface area contributed by atoms with E-state index >= 15 is 0 Å². The number of likely N-dealkylation sites (N-methyl/N-ethyl adjacent to an activating group) is 1. The first-order chi connectivity index (χ1) is 6.70. The van der Waals surface area contributed by atoms with Gasteiger partial charge in [-0.25, -0.2) is 0 Å². The van der Waals surface area contributed by atoms with Crippen LogP contribution in [0.2, 0.25) is 0 Å². The zero-order chi connectivity index (χ0) is 10.0. The minimum atomic E-state index is 0.138. The summed E-state index contributed by atoms with van der Waals surface area (Å²) >= 11 is 0. The topological polar surface area (TPSA) is 44.4 Å². The van der Waals surface area contributed by atoms with E-state index in [-0.39, 0.29) is 11.4 Å². The van der Waals surface area contributed by atoms with Crippen molar-refractivity contribution in [2.75, 3.05) is 33.2 Å². The third-order valence-electron chi connectivity index (χ3n) is 3.24. The van der Waals surface area contributed by atoms with Crippen molar-refractivity contribution >= 4 is 5.91 Å². The monoisotopic (exact) mass is 197 g/mol. The Morgan fingerprint density at radius 3 is 3.14 bits per heavy atom. The molecule has 1 unspecified atom stereocenters. The molecule has 14 heavy (non-hydrogen) atoms. The Balaban J connectivity index is 2.02. The predicted octanol–water partition coefficient (Wildman–Crippen LogP) is -0.440. The second-order valence-electron chi connectivity index (χ2n) is 4.58. The number of hydrogen-bond acceptors (Lipinski definition) is 3. The maximum Gasteiger partial charge on any atom is 0.221 e. The van der Waals surface area contributed by atoms with Crippen LogP contribution >= 0.6 is 0 Å². The van der Waals surface area contributed by atoms with Crippen molar-refractivity contribution < 1.29 is 4.79 Å². The average Bonchev–Trinajstić information content (AvgIpc) is 2.30. The molecule has 2 fully saturated rings. The summed E-state index contributed by atoms with van der Waals surface area (Å²) in [6.45, 7) is 3.83. The molecule has 1 amide bonds. The maximum atomic E-state index is 11.2. The van der Waals surface area contributed by atoms with E-state index < -0.39 is 0 Å². The molecule has 2 aliphatic rings. The number of nitrogens with one attached hydrogen (secondary N) is 2. The summed E-state index contributed by atoms with van der Waals surface area (Å²) in [4.78, 5) is 13.6. The molecule has 0 aromatic rings. The van der Waals surface area contributed by atoms with Crippen molar-refractivity contribution in [1.29, 1.82) is 0 Å². The van der Waals surface area contributed by atoms with E-state index in [4.69, 9.17) is 0 Å². The Labute approximate surface area is 85.0 Å². The van der Waals surface area contributed by atoms with E-state index in [0.29, 0.717) is 6.42 Å². The fraction of sp³-hybridized carbons (Fsp3) is 0.900. The minimum absolute atomic E-state index is 0.138. The first-order valence-electron chi connectivity index (χ1n) is 5.41. The molecule has 2 saturated heterocycles. The van der Waals surface area contributed by atoms with Crippen molar-refractivity contribution in [3.63, 3.8) is 0 Å². The Morgan fingerprint density at radius 2 is 2.36 bits per heavy atom. The van der Waals surface area contributed by atoms with Gasteiger partial charge in [-0.1, -0.05) is 0 Å². The van der Waals surface area contributed by atoms with Gasteiger partial charge in [0.2, 0.25) is 5.91 Å². The van der Waals surface area contributed by atoms with E-state index in [1.165, 1.54) is 19.4 Å². The van der Waals surface area contributed by atoms with E-state index in [1.54, 1.807) is 0 Å². The number of carbonyl (C=O) groups is 1. The maximum absolute atomic E-state index is 11.2. The lowest BCUT2D eigenvalue weighted by Gasteiger charge is -2.41. The van der Waals surface area contributed by atoms with Crippen LogP contribution in [0.5, 0.6) is 0 Å². The highest BCUT2D eigenvalue weighted by molar-refractivity contribution is 5.76. The van der Waals surface area contributed by atoms with Gasteiger partial charge in [0.25, 0.3) is 0 Å². The third-order valence-corrected chi connectivity index (χ3v) is 3.24. The van der Waals surface area contributed by atoms with Crippen LogP contribution in [-0.2, 0) is 4.79 Å². The highest BCUT2D eigenvalue weighted by Crippen LogP contribution is 2.20. The zero-order valence-corrected chi connectivity index (χ0v) is 8.81. The predicted molar refractivity (Wildman–Crippen MR) is 55.1 cm³/mol. The molecule has 0 aliphatic carbocycles. The van der Waals surface area contributed by atoms with Gasteiger partial charge in [-0.3, -0.25) is 4.79 Å². The smallest absolute Gasteiger partial charge is 0.221 e. The van der Waals surface area contributed by atoms with Crippen molar-refractivity contribution in [2.24, 2.45) is 0 Å². The average molecular weight is 197 g/mol. The van der Waals surface area contributed by atoms with Gasteiger partial charge in [-0.05, 0) is 26.4 Å². The van der Waals surface area contributed by atoms with Crippen LogP contribution in [0.1, 0.15) is 19.3 Å². The minimum Gasteiger partial charge on any atom is -0.354 e. The molecule has 1 spiro atoms. The first kappa shape index (κ1) is 9.93. The second kappa shape index (κ2) is 3.87. The lowest BCUT2D eigenvalue weighted by Crippen LogP contribution is -2.60. The summed E-state index contributed by atoms with van der Waals surface area (Å²) in [6, 6.07) is 0. The van der Waals surface area contributed by atoms with Gasteiger partial charge in [0.15, 0.2) is 0 Å². The molecule has 4 nitrogen and oxygen atoms in total. The summed E-state index contributed by atoms with van der Waals surface area (Å²) in [7, 11) is 2.15. The number of likely N-dealkylation sites (tertiary alicyclic amines) is 1. The van der Waals surface area contributed by atoms with Crippen LogP contribution in [0.3, 0.4) is 0 Å². The molecule has 2 aliphatic heterocycles. The fourth-order valence-electron chi connectivity index (χ4n) is 2.51. The molecular weight excluding hydrogens is 178 g/mol. The van der Waals surface area contributed by atoms with Crippen LogP contribution in [0.15, 0.2) is 0 Å². The Hall–Kier alpha value is -0.610. The molecule has 2 rings (SSSR count). The van der Waals surface area contributed by atoms with Crippen LogP contribution < -0.4 is 10.6 Å². The molecule has 80 valence electrons. The lowest BCUT2D eigenvalue weighted by atomic mass is 9.89. The van der Waals surface area contributed by atoms with Gasteiger partial charge in [0, 0.05) is 31.6 Å². The van der Waals surface area contributed by atoms with E-state index in [0.717, 1.165) is 19.6 Å². The number of carbonyl (C=O) groups excluding carboxylic acids is 1. The quantitative estimate of drug-likeness (QED) is 0.553. The van der Waals surface area contributed by atoms with Crippen LogP contribution in [0.25, 0.3) is 0 Å². The molecular formula is C10H19N3O. The molecule has 2 heterocycles. The van der Waals surface area contributed by atoms with Gasteiger partial charge in [0.05, 0.1) is 0 Å². The second-order valence-corrected chi connectivity index (χ2v) is 4.58. The van der Waals surface area contributed by atoms with Crippen LogP contribution in [0, 0.1) is 0 Å². The first-order valence-corrected chi connectivity index (χ1v) is 5.41. The molecule has 4 heteroatoms. The molecule has 2 N–H and O–H groups in total. The number of hydrogen-bond donors (Lipinski definition) is 2. The fourth-order valence-corrected chi connectivity index (χ4v) is 2.51. The molecule has 0 radical (unpaired) electrons. The van der Waals surface area contributed by atoms with Crippen molar-refractivity contribution in [2.45, 2.75) is 24.8 Å². The standard InChI is InChI=1S/C10H19N3O/c1-13-6-2-4-10(8-13)7-11-9(14)3-5-12-10/h12H,2-8H2,1H3,(H,11,14). The van der Waals surface area contributed by atoms with Gasteiger partial charge >= 0.3 is 0 Å². The molecule has 0 saturated carbocycles. The summed E-state index contributed by atoms with van der Waals surface area (Å²) in [5, 5.41) is 6.53. The van der Waals surface area contributed by atoms with Crippen LogP contribution in [0.4, 0.5) is 0 Å². The zero-order valence-electron chi connectivity index (χ0n) is 8.81. The number of amides is 1. The Bertz CT molecular complexity index is 231. The highest BCUT2D eigenvalue weighted by atomic mass is 16.1.